The van der Waals surface area contributed by atoms with Gasteiger partial charge in [0.15, 0.2) is 0 Å². The van der Waals surface area contributed by atoms with Gasteiger partial charge in [0.25, 0.3) is 13.4 Å². The van der Waals surface area contributed by atoms with E-state index >= 15 is 0 Å². The standard InChI is InChI=1S/C72H68B4N4Si2/c1-37-29-41(5)57(42(6)30-37)73-49-21-17-25-53-65(49)79-67-51(23-19-27-55(67)81(53,13)14)75(59-45(9)33-39(3)34-46(59)10)71-69(79)61(73)63-64(78-71)62-70-72(77-63)76(60-47(11)35-40(4)36-48(60)12)52-24-20-28-56-68(52)80(70)66-50(22-18-26-54(66)82(56,15)16)74(62)58-43(7)31-38(2)32-44(58)8/h17-36H,1-16H3. The number of hydrogen-bond acceptors (Lipinski definition) is 4. The van der Waals surface area contributed by atoms with Gasteiger partial charge in [-0.25, -0.2) is 0 Å². The van der Waals surface area contributed by atoms with E-state index < -0.39 is 16.1 Å². The highest BCUT2D eigenvalue weighted by molar-refractivity contribution is 7.11. The summed E-state index contributed by atoms with van der Waals surface area (Å²) in [5.41, 5.74) is 41.8. The van der Waals surface area contributed by atoms with Crippen molar-refractivity contribution in [3.05, 3.63) is 188 Å². The fourth-order valence-electron chi connectivity index (χ4n) is 18.3. The van der Waals surface area contributed by atoms with Crippen LogP contribution in [0.4, 0.5) is 34.1 Å². The lowest BCUT2D eigenvalue weighted by Gasteiger charge is -2.52. The zero-order valence-corrected chi connectivity index (χ0v) is 52.6. The van der Waals surface area contributed by atoms with E-state index in [0.29, 0.717) is 0 Å². The van der Waals surface area contributed by atoms with Crippen LogP contribution in [0.5, 0.6) is 0 Å². The number of nitrogens with zero attached hydrogens (tertiary/aromatic N) is 4. The van der Waals surface area contributed by atoms with E-state index in [1.54, 1.807) is 0 Å². The second-order valence-electron chi connectivity index (χ2n) is 27.1. The summed E-state index contributed by atoms with van der Waals surface area (Å²) in [6.07, 6.45) is 0. The second kappa shape index (κ2) is 16.7. The second-order valence-corrected chi connectivity index (χ2v) is 35.7. The molecule has 16 rings (SSSR count). The largest absolute Gasteiger partial charge is 0.311 e. The lowest BCUT2D eigenvalue weighted by atomic mass is 9.29. The molecular weight excluding hydrogens is 1020 g/mol. The summed E-state index contributed by atoms with van der Waals surface area (Å²) in [7, 11) is -4.63. The molecule has 10 heteroatoms. The third-order valence-electron chi connectivity index (χ3n) is 21.0. The molecule has 0 saturated carbocycles. The Morgan fingerprint density at radius 3 is 0.780 bits per heavy atom. The fraction of sp³-hybridized carbons (Fsp3) is 0.222. The minimum absolute atomic E-state index is 0.129. The molecule has 396 valence electrons. The molecule has 0 bridgehead atoms. The van der Waals surface area contributed by atoms with Crippen LogP contribution in [0.25, 0.3) is 11.0 Å². The molecule has 0 unspecified atom stereocenters. The molecule has 0 N–H and O–H groups in total. The highest BCUT2D eigenvalue weighted by atomic mass is 28.3. The average Bonchev–Trinajstić information content (AvgIpc) is 0.825. The van der Waals surface area contributed by atoms with Crippen molar-refractivity contribution in [3.63, 3.8) is 0 Å². The quantitative estimate of drug-likeness (QED) is 0.207. The van der Waals surface area contributed by atoms with Gasteiger partial charge in [0.1, 0.15) is 16.1 Å². The first-order chi connectivity index (χ1) is 39.2. The van der Waals surface area contributed by atoms with Crippen LogP contribution >= 0.6 is 0 Å². The van der Waals surface area contributed by atoms with Crippen molar-refractivity contribution in [2.45, 2.75) is 109 Å². The van der Waals surface area contributed by atoms with Crippen LogP contribution in [0, 0.1) is 83.1 Å². The van der Waals surface area contributed by atoms with Gasteiger partial charge < -0.3 is 9.80 Å². The molecule has 6 aliphatic rings. The minimum Gasteiger partial charge on any atom is -0.311 e. The Bertz CT molecular complexity index is 4250. The fourth-order valence-corrected chi connectivity index (χ4v) is 24.3. The molecule has 0 amide bonds. The maximum Gasteiger partial charge on any atom is 0.270 e. The molecule has 0 spiro atoms. The van der Waals surface area contributed by atoms with Gasteiger partial charge in [-0.3, -0.25) is 9.97 Å². The van der Waals surface area contributed by atoms with Crippen molar-refractivity contribution >= 4 is 175 Å². The monoisotopic (exact) mass is 1090 g/mol. The van der Waals surface area contributed by atoms with Gasteiger partial charge in [0, 0.05) is 33.9 Å². The van der Waals surface area contributed by atoms with Crippen molar-refractivity contribution in [2.75, 3.05) is 9.80 Å². The Morgan fingerprint density at radius 1 is 0.293 bits per heavy atom. The smallest absolute Gasteiger partial charge is 0.270 e. The van der Waals surface area contributed by atoms with Gasteiger partial charge in [-0.15, -0.1) is 0 Å². The normalized spacial score (nSPS) is 15.6. The molecule has 8 heterocycles. The van der Waals surface area contributed by atoms with Crippen LogP contribution in [0.3, 0.4) is 0 Å². The van der Waals surface area contributed by atoms with Crippen LogP contribution in [0.15, 0.2) is 121 Å². The number of aryl methyl sites for hydroxylation is 12. The van der Waals surface area contributed by atoms with E-state index in [2.05, 4.69) is 240 Å². The number of anilines is 6. The van der Waals surface area contributed by atoms with Crippen LogP contribution in [0.2, 0.25) is 26.2 Å². The van der Waals surface area contributed by atoms with E-state index in [9.17, 15) is 0 Å². The number of hydrogen-bond donors (Lipinski definition) is 0. The first-order valence-corrected chi connectivity index (χ1v) is 36.0. The number of aromatic nitrogens is 2. The maximum absolute atomic E-state index is 6.64. The number of benzene rings is 8. The van der Waals surface area contributed by atoms with E-state index in [1.165, 1.54) is 176 Å². The van der Waals surface area contributed by atoms with Gasteiger partial charge in [-0.1, -0.05) is 236 Å². The minimum atomic E-state index is -2.31. The predicted molar refractivity (Wildman–Crippen MR) is 364 cm³/mol. The Kier molecular flexibility index (Phi) is 10.2. The van der Waals surface area contributed by atoms with Crippen LogP contribution in [-0.2, 0) is 0 Å². The van der Waals surface area contributed by atoms with Crippen LogP contribution in [-0.4, -0.2) is 53.0 Å². The molecule has 82 heavy (non-hydrogen) atoms. The van der Waals surface area contributed by atoms with E-state index in [0.717, 1.165) is 22.2 Å². The lowest BCUT2D eigenvalue weighted by molar-refractivity contribution is 1.25. The molecule has 0 aliphatic carbocycles. The molecule has 0 saturated heterocycles. The summed E-state index contributed by atoms with van der Waals surface area (Å²) in [6.45, 7) is 37.9. The number of fused-ring (bicyclic) bond motifs is 3. The zero-order chi connectivity index (χ0) is 56.8. The van der Waals surface area contributed by atoms with Crippen molar-refractivity contribution in [1.82, 2.24) is 9.97 Å². The van der Waals surface area contributed by atoms with E-state index in [-0.39, 0.29) is 26.9 Å². The summed E-state index contributed by atoms with van der Waals surface area (Å²) in [5.74, 6) is 0. The van der Waals surface area contributed by atoms with Gasteiger partial charge in [-0.2, -0.15) is 0 Å². The topological polar surface area (TPSA) is 32.3 Å². The van der Waals surface area contributed by atoms with Gasteiger partial charge in [0.2, 0.25) is 13.4 Å². The third kappa shape index (κ3) is 6.22. The van der Waals surface area contributed by atoms with E-state index in [1.807, 2.05) is 0 Å². The number of para-hydroxylation sites is 4. The summed E-state index contributed by atoms with van der Waals surface area (Å²) in [5, 5.41) is 6.00. The third-order valence-corrected chi connectivity index (χ3v) is 28.0. The molecule has 0 fully saturated rings. The van der Waals surface area contributed by atoms with Crippen molar-refractivity contribution in [1.29, 1.82) is 0 Å². The highest BCUT2D eigenvalue weighted by Crippen LogP contribution is 2.45. The molecule has 6 aliphatic heterocycles. The van der Waals surface area contributed by atoms with Crippen molar-refractivity contribution < 1.29 is 0 Å². The highest BCUT2D eigenvalue weighted by Gasteiger charge is 2.56. The molecular formula is C72H68B4N4Si2. The Balaban J connectivity index is 1.19. The maximum atomic E-state index is 6.64. The molecule has 8 aromatic carbocycles. The molecule has 0 radical (unpaired) electrons. The zero-order valence-electron chi connectivity index (χ0n) is 50.6. The molecule has 4 nitrogen and oxygen atoms in total. The summed E-state index contributed by atoms with van der Waals surface area (Å²) in [6, 6.07) is 48.9. The lowest BCUT2D eigenvalue weighted by Crippen LogP contribution is -2.74. The molecule has 0 atom stereocenters. The Labute approximate surface area is 488 Å². The number of pyridine rings is 2. The van der Waals surface area contributed by atoms with Crippen LogP contribution in [0.1, 0.15) is 66.8 Å². The SMILES string of the molecule is Cc1cc(C)c(B2c3cccc4c3N3c5c(cccc5[Si]4(C)C)B(c4c(C)cc(C)cc4C)c4c3c2nc2c3c5c(nc42)B(c2c(C)cc(C)cc2C)c2cccc4c2N5c2c(cccc2[Si]4(C)C)B3c2c(C)cc(C)cc2C)c(C)c1. The molecule has 2 aromatic heterocycles. The predicted octanol–water partition coefficient (Wildman–Crippen LogP) is 5.86. The Hall–Kier alpha value is -7.39. The van der Waals surface area contributed by atoms with Gasteiger partial charge >= 0.3 is 0 Å². The first-order valence-electron chi connectivity index (χ1n) is 30.0. The van der Waals surface area contributed by atoms with Gasteiger partial charge in [0.05, 0.1) is 22.4 Å². The molecule has 10 aromatic rings. The van der Waals surface area contributed by atoms with Crippen molar-refractivity contribution in [3.8, 4) is 0 Å². The average molecular weight is 1090 g/mol. The van der Waals surface area contributed by atoms with Gasteiger partial charge in [-0.05, 0) is 137 Å². The summed E-state index contributed by atoms with van der Waals surface area (Å²) in [4.78, 5) is 18.8. The number of rotatable bonds is 4. The summed E-state index contributed by atoms with van der Waals surface area (Å²) < 4.78 is 0. The van der Waals surface area contributed by atoms with Crippen molar-refractivity contribution in [2.24, 2.45) is 0 Å². The van der Waals surface area contributed by atoms with E-state index in [4.69, 9.17) is 9.97 Å². The van der Waals surface area contributed by atoms with Crippen LogP contribution < -0.4 is 96.4 Å². The summed E-state index contributed by atoms with van der Waals surface area (Å²) >= 11 is 0. The first kappa shape index (κ1) is 50.3. The Morgan fingerprint density at radius 2 is 0.524 bits per heavy atom.